The van der Waals surface area contributed by atoms with Crippen LogP contribution in [0.4, 0.5) is 5.69 Å². The lowest BCUT2D eigenvalue weighted by Crippen LogP contribution is -2.15. The number of anilines is 1. The van der Waals surface area contributed by atoms with Gasteiger partial charge in [0.1, 0.15) is 6.26 Å². The lowest BCUT2D eigenvalue weighted by Gasteiger charge is -2.09. The molecule has 0 saturated carbocycles. The summed E-state index contributed by atoms with van der Waals surface area (Å²) in [4.78, 5) is 18.0. The Kier molecular flexibility index (Phi) is 4.62. The van der Waals surface area contributed by atoms with Gasteiger partial charge < -0.3 is 9.73 Å². The molecule has 4 nitrogen and oxygen atoms in total. The minimum atomic E-state index is -0.123. The molecule has 0 aliphatic rings. The fraction of sp³-hybridized carbons (Fsp3) is 0.0476. The van der Waals surface area contributed by atoms with Crippen LogP contribution in [0, 0.1) is 0 Å². The van der Waals surface area contributed by atoms with Crippen LogP contribution in [0.2, 0.25) is 0 Å². The molecule has 0 bridgehead atoms. The van der Waals surface area contributed by atoms with Gasteiger partial charge in [-0.1, -0.05) is 42.5 Å². The number of amides is 1. The molecule has 0 aliphatic heterocycles. The Morgan fingerprint density at radius 1 is 1.00 bits per heavy atom. The van der Waals surface area contributed by atoms with Crippen molar-refractivity contribution in [1.82, 2.24) is 4.98 Å². The molecule has 1 N–H and O–H groups in total. The highest BCUT2D eigenvalue weighted by atomic mass is 32.1. The van der Waals surface area contributed by atoms with Crippen molar-refractivity contribution in [3.63, 3.8) is 0 Å². The van der Waals surface area contributed by atoms with Crippen LogP contribution in [-0.4, -0.2) is 10.9 Å². The third kappa shape index (κ3) is 3.58. The minimum Gasteiger partial charge on any atom is -0.444 e. The van der Waals surface area contributed by atoms with E-state index in [0.717, 1.165) is 21.7 Å². The second kappa shape index (κ2) is 7.37. The Bertz CT molecular complexity index is 1010. The molecular formula is C21H16N2O2S. The van der Waals surface area contributed by atoms with Crippen molar-refractivity contribution in [2.75, 3.05) is 5.32 Å². The molecule has 2 aromatic heterocycles. The molecule has 0 aliphatic carbocycles. The van der Waals surface area contributed by atoms with Crippen LogP contribution in [0.25, 0.3) is 21.9 Å². The number of benzene rings is 2. The summed E-state index contributed by atoms with van der Waals surface area (Å²) < 4.78 is 5.49. The highest BCUT2D eigenvalue weighted by molar-refractivity contribution is 7.13. The number of para-hydroxylation sites is 1. The summed E-state index contributed by atoms with van der Waals surface area (Å²) >= 11 is 1.64. The standard InChI is InChI=1S/C21H16N2O2S/c24-20(13-16-14-25-21(22-16)15-7-2-1-3-8-15)23-18-10-5-4-9-17(18)19-11-6-12-26-19/h1-12,14H,13H2,(H,23,24). The van der Waals surface area contributed by atoms with Gasteiger partial charge in [0, 0.05) is 21.7 Å². The van der Waals surface area contributed by atoms with Gasteiger partial charge in [-0.25, -0.2) is 4.98 Å². The molecule has 5 heteroatoms. The third-order valence-electron chi connectivity index (χ3n) is 3.90. The van der Waals surface area contributed by atoms with Crippen molar-refractivity contribution in [2.24, 2.45) is 0 Å². The number of carbonyl (C=O) groups is 1. The number of oxazole rings is 1. The molecule has 1 amide bonds. The Hall–Kier alpha value is -3.18. The number of nitrogens with one attached hydrogen (secondary N) is 1. The second-order valence-corrected chi connectivity index (χ2v) is 6.71. The first-order valence-corrected chi connectivity index (χ1v) is 9.10. The summed E-state index contributed by atoms with van der Waals surface area (Å²) in [7, 11) is 0. The van der Waals surface area contributed by atoms with Gasteiger partial charge in [-0.05, 0) is 29.6 Å². The summed E-state index contributed by atoms with van der Waals surface area (Å²) in [5.41, 5.74) is 3.31. The largest absolute Gasteiger partial charge is 0.444 e. The van der Waals surface area contributed by atoms with Gasteiger partial charge in [0.05, 0.1) is 12.1 Å². The molecule has 26 heavy (non-hydrogen) atoms. The number of aromatic nitrogens is 1. The molecule has 2 aromatic carbocycles. The fourth-order valence-electron chi connectivity index (χ4n) is 2.70. The molecule has 4 rings (SSSR count). The van der Waals surface area contributed by atoms with E-state index in [1.165, 1.54) is 6.26 Å². The van der Waals surface area contributed by atoms with Gasteiger partial charge in [0.2, 0.25) is 11.8 Å². The number of thiophene rings is 1. The zero-order valence-corrected chi connectivity index (χ0v) is 14.7. The first-order valence-electron chi connectivity index (χ1n) is 8.22. The average molecular weight is 360 g/mol. The van der Waals surface area contributed by atoms with E-state index in [-0.39, 0.29) is 12.3 Å². The van der Waals surface area contributed by atoms with Crippen LogP contribution in [0.1, 0.15) is 5.69 Å². The second-order valence-electron chi connectivity index (χ2n) is 5.76. The Morgan fingerprint density at radius 3 is 2.62 bits per heavy atom. The zero-order valence-electron chi connectivity index (χ0n) is 13.9. The van der Waals surface area contributed by atoms with Gasteiger partial charge in [-0.2, -0.15) is 0 Å². The number of nitrogens with zero attached hydrogens (tertiary/aromatic N) is 1. The molecule has 128 valence electrons. The maximum atomic E-state index is 12.5. The highest BCUT2D eigenvalue weighted by Gasteiger charge is 2.13. The van der Waals surface area contributed by atoms with Crippen LogP contribution < -0.4 is 5.32 Å². The summed E-state index contributed by atoms with van der Waals surface area (Å²) in [6.45, 7) is 0. The molecule has 0 unspecified atom stereocenters. The van der Waals surface area contributed by atoms with E-state index in [1.807, 2.05) is 72.1 Å². The van der Waals surface area contributed by atoms with Crippen LogP contribution >= 0.6 is 11.3 Å². The van der Waals surface area contributed by atoms with Crippen LogP contribution in [0.5, 0.6) is 0 Å². The first-order chi connectivity index (χ1) is 12.8. The summed E-state index contributed by atoms with van der Waals surface area (Å²) in [5.74, 6) is 0.398. The number of hydrogen-bond donors (Lipinski definition) is 1. The van der Waals surface area contributed by atoms with Gasteiger partial charge in [0.25, 0.3) is 0 Å². The number of hydrogen-bond acceptors (Lipinski definition) is 4. The topological polar surface area (TPSA) is 55.1 Å². The van der Waals surface area contributed by atoms with Gasteiger partial charge in [-0.3, -0.25) is 4.79 Å². The van der Waals surface area contributed by atoms with Crippen LogP contribution in [-0.2, 0) is 11.2 Å². The van der Waals surface area contributed by atoms with Gasteiger partial charge >= 0.3 is 0 Å². The lowest BCUT2D eigenvalue weighted by atomic mass is 10.1. The van der Waals surface area contributed by atoms with E-state index in [1.54, 1.807) is 11.3 Å². The Morgan fingerprint density at radius 2 is 1.81 bits per heavy atom. The summed E-state index contributed by atoms with van der Waals surface area (Å²) in [5, 5.41) is 5.00. The van der Waals surface area contributed by atoms with Crippen molar-refractivity contribution in [3.05, 3.63) is 84.1 Å². The molecule has 0 atom stereocenters. The van der Waals surface area contributed by atoms with Crippen molar-refractivity contribution in [1.29, 1.82) is 0 Å². The van der Waals surface area contributed by atoms with E-state index in [0.29, 0.717) is 11.6 Å². The van der Waals surface area contributed by atoms with Crippen LogP contribution in [0.3, 0.4) is 0 Å². The fourth-order valence-corrected chi connectivity index (χ4v) is 3.47. The molecule has 0 saturated heterocycles. The normalized spacial score (nSPS) is 10.6. The Labute approximate surface area is 155 Å². The van der Waals surface area contributed by atoms with Crippen LogP contribution in [0.15, 0.2) is 82.8 Å². The molecule has 4 aromatic rings. The van der Waals surface area contributed by atoms with E-state index in [9.17, 15) is 4.79 Å². The summed E-state index contributed by atoms with van der Waals surface area (Å²) in [6, 6.07) is 21.5. The molecule has 2 heterocycles. The molecule has 0 fully saturated rings. The van der Waals surface area contributed by atoms with E-state index in [4.69, 9.17) is 4.42 Å². The predicted octanol–water partition coefficient (Wildman–Crippen LogP) is 5.25. The smallest absolute Gasteiger partial charge is 0.230 e. The molecule has 0 spiro atoms. The minimum absolute atomic E-state index is 0.123. The summed E-state index contributed by atoms with van der Waals surface area (Å²) in [6.07, 6.45) is 1.70. The third-order valence-corrected chi connectivity index (χ3v) is 4.81. The first kappa shape index (κ1) is 16.3. The van der Waals surface area contributed by atoms with Crippen molar-refractivity contribution in [3.8, 4) is 21.9 Å². The Balaban J connectivity index is 1.48. The lowest BCUT2D eigenvalue weighted by molar-refractivity contribution is -0.115. The maximum Gasteiger partial charge on any atom is 0.230 e. The number of carbonyl (C=O) groups excluding carboxylic acids is 1. The number of rotatable bonds is 5. The highest BCUT2D eigenvalue weighted by Crippen LogP contribution is 2.31. The van der Waals surface area contributed by atoms with E-state index in [2.05, 4.69) is 10.3 Å². The zero-order chi connectivity index (χ0) is 17.8. The SMILES string of the molecule is O=C(Cc1coc(-c2ccccc2)n1)Nc1ccccc1-c1cccs1. The van der Waals surface area contributed by atoms with E-state index >= 15 is 0 Å². The van der Waals surface area contributed by atoms with Crippen molar-refractivity contribution >= 4 is 22.9 Å². The predicted molar refractivity (Wildman–Crippen MR) is 104 cm³/mol. The molecule has 0 radical (unpaired) electrons. The van der Waals surface area contributed by atoms with Gasteiger partial charge in [-0.15, -0.1) is 11.3 Å². The quantitative estimate of drug-likeness (QED) is 0.529. The van der Waals surface area contributed by atoms with Gasteiger partial charge in [0.15, 0.2) is 0 Å². The van der Waals surface area contributed by atoms with E-state index < -0.39 is 0 Å². The van der Waals surface area contributed by atoms with Crippen molar-refractivity contribution < 1.29 is 9.21 Å². The maximum absolute atomic E-state index is 12.5. The van der Waals surface area contributed by atoms with Crippen molar-refractivity contribution in [2.45, 2.75) is 6.42 Å². The monoisotopic (exact) mass is 360 g/mol. The average Bonchev–Trinajstić information content (AvgIpc) is 3.35. The molecular weight excluding hydrogens is 344 g/mol.